The molecule has 2 heterocycles. The molecule has 0 aromatic carbocycles. The van der Waals surface area contributed by atoms with E-state index in [2.05, 4.69) is 32.9 Å². The Balaban J connectivity index is 2.04. The third-order valence-corrected chi connectivity index (χ3v) is 3.91. The van der Waals surface area contributed by atoms with Crippen molar-refractivity contribution in [3.05, 3.63) is 11.9 Å². The summed E-state index contributed by atoms with van der Waals surface area (Å²) in [5.74, 6) is -0.517. The Kier molecular flexibility index (Phi) is 4.54. The van der Waals surface area contributed by atoms with E-state index >= 15 is 0 Å². The molecule has 8 heteroatoms. The predicted molar refractivity (Wildman–Crippen MR) is 69.8 cm³/mol. The van der Waals surface area contributed by atoms with E-state index in [0.29, 0.717) is 0 Å². The van der Waals surface area contributed by atoms with Gasteiger partial charge < -0.3 is 20.1 Å². The lowest BCUT2D eigenvalue weighted by molar-refractivity contribution is -0.263. The first kappa shape index (κ1) is 14.1. The molecule has 0 saturated carbocycles. The lowest BCUT2D eigenvalue weighted by Gasteiger charge is -2.39. The predicted octanol–water partition coefficient (Wildman–Crippen LogP) is -0.712. The molecule has 7 nitrogen and oxygen atoms in total. The Labute approximate surface area is 118 Å². The molecular weight excluding hydrogens is 357 g/mol. The van der Waals surface area contributed by atoms with Gasteiger partial charge in [0.05, 0.1) is 18.3 Å². The molecule has 3 N–H and O–H groups in total. The molecule has 0 amide bonds. The molecule has 1 aromatic rings. The van der Waals surface area contributed by atoms with Crippen LogP contribution in [0.4, 0.5) is 0 Å². The highest BCUT2D eigenvalue weighted by Gasteiger charge is 2.41. The molecule has 102 valence electrons. The van der Waals surface area contributed by atoms with E-state index in [-0.39, 0.29) is 6.54 Å². The number of nitrogens with zero attached hydrogens (tertiary/aromatic N) is 3. The van der Waals surface area contributed by atoms with Crippen molar-refractivity contribution in [2.24, 2.45) is 5.92 Å². The van der Waals surface area contributed by atoms with E-state index < -0.39 is 30.5 Å². The summed E-state index contributed by atoms with van der Waals surface area (Å²) in [4.78, 5) is 0. The Bertz CT molecular complexity index is 402. The Hall–Kier alpha value is -0.290. The van der Waals surface area contributed by atoms with Crippen LogP contribution in [0.25, 0.3) is 0 Å². The molecule has 2 rings (SSSR count). The van der Waals surface area contributed by atoms with Crippen molar-refractivity contribution in [1.82, 2.24) is 15.0 Å². The van der Waals surface area contributed by atoms with Gasteiger partial charge in [0, 0.05) is 16.5 Å². The lowest BCUT2D eigenvalue weighted by atomic mass is 9.92. The van der Waals surface area contributed by atoms with Crippen molar-refractivity contribution in [3.63, 3.8) is 0 Å². The third kappa shape index (κ3) is 2.82. The molecule has 0 bridgehead atoms. The Morgan fingerprint density at radius 1 is 1.39 bits per heavy atom. The van der Waals surface area contributed by atoms with Crippen LogP contribution in [-0.2, 0) is 15.7 Å². The number of halogens is 1. The smallest absolute Gasteiger partial charge is 0.160 e. The summed E-state index contributed by atoms with van der Waals surface area (Å²) in [5.41, 5.74) is 0.829. The molecule has 18 heavy (non-hydrogen) atoms. The van der Waals surface area contributed by atoms with Gasteiger partial charge in [0.1, 0.15) is 12.2 Å². The van der Waals surface area contributed by atoms with Crippen LogP contribution in [0.1, 0.15) is 12.6 Å². The number of alkyl halides is 1. The highest BCUT2D eigenvalue weighted by Crippen LogP contribution is 2.25. The maximum Gasteiger partial charge on any atom is 0.160 e. The second-order valence-corrected chi connectivity index (χ2v) is 5.23. The van der Waals surface area contributed by atoms with Gasteiger partial charge in [-0.2, -0.15) is 0 Å². The summed E-state index contributed by atoms with van der Waals surface area (Å²) in [6.45, 7) is 1.87. The molecule has 1 fully saturated rings. The molecule has 1 aliphatic heterocycles. The summed E-state index contributed by atoms with van der Waals surface area (Å²) in [5, 5.41) is 37.1. The molecule has 0 spiro atoms. The van der Waals surface area contributed by atoms with E-state index in [1.165, 1.54) is 4.68 Å². The zero-order valence-electron chi connectivity index (χ0n) is 9.85. The lowest BCUT2D eigenvalue weighted by Crippen LogP contribution is -2.54. The molecular formula is C10H16IN3O4. The zero-order valence-corrected chi connectivity index (χ0v) is 12.0. The molecule has 1 aliphatic rings. The average molecular weight is 373 g/mol. The van der Waals surface area contributed by atoms with Crippen LogP contribution < -0.4 is 0 Å². The van der Waals surface area contributed by atoms with Gasteiger partial charge in [0.15, 0.2) is 6.29 Å². The van der Waals surface area contributed by atoms with Crippen molar-refractivity contribution >= 4 is 22.6 Å². The zero-order chi connectivity index (χ0) is 13.3. The van der Waals surface area contributed by atoms with Gasteiger partial charge in [-0.3, -0.25) is 0 Å². The molecule has 0 radical (unpaired) electrons. The largest absolute Gasteiger partial charge is 0.390 e. The van der Waals surface area contributed by atoms with Crippen LogP contribution >= 0.6 is 22.6 Å². The van der Waals surface area contributed by atoms with E-state index in [1.54, 1.807) is 13.1 Å². The van der Waals surface area contributed by atoms with Crippen LogP contribution in [-0.4, -0.2) is 54.9 Å². The quantitative estimate of drug-likeness (QED) is 0.478. The van der Waals surface area contributed by atoms with Crippen molar-refractivity contribution in [2.75, 3.05) is 0 Å². The Morgan fingerprint density at radius 2 is 2.11 bits per heavy atom. The second-order valence-electron chi connectivity index (χ2n) is 4.47. The number of aromatic nitrogens is 3. The SMILES string of the molecule is C[C@H]1C(O)O[C@H](Cn2cc(C[131I])nn2)[C@@H](O)[C@@H]1O. The fourth-order valence-electron chi connectivity index (χ4n) is 1.91. The van der Waals surface area contributed by atoms with Crippen LogP contribution in [0.5, 0.6) is 0 Å². The first-order valence-corrected chi connectivity index (χ1v) is 7.20. The van der Waals surface area contributed by atoms with Crippen LogP contribution in [0.2, 0.25) is 0 Å². The van der Waals surface area contributed by atoms with Crippen molar-refractivity contribution in [1.29, 1.82) is 0 Å². The maximum absolute atomic E-state index is 9.90. The van der Waals surface area contributed by atoms with Crippen molar-refractivity contribution in [2.45, 2.75) is 42.5 Å². The third-order valence-electron chi connectivity index (χ3n) is 3.12. The van der Waals surface area contributed by atoms with Gasteiger partial charge >= 0.3 is 0 Å². The summed E-state index contributed by atoms with van der Waals surface area (Å²) in [7, 11) is 0. The van der Waals surface area contributed by atoms with Gasteiger partial charge in [0.2, 0.25) is 0 Å². The molecule has 1 aromatic heterocycles. The summed E-state index contributed by atoms with van der Waals surface area (Å²) in [6, 6.07) is 0. The van der Waals surface area contributed by atoms with Gasteiger partial charge in [-0.05, 0) is 0 Å². The monoisotopic (exact) mass is 373 g/mol. The van der Waals surface area contributed by atoms with E-state index in [0.717, 1.165) is 10.1 Å². The second kappa shape index (κ2) is 5.78. The standard InChI is InChI=1S/C10H16IN3O4/c1-5-8(15)9(16)7(18-10(5)17)4-14-3-6(2-11)12-13-14/h3,5,7-10,15-17H,2,4H2,1H3/t5-,7-,8-,9-,10?/m1/s1/i11+4. The minimum Gasteiger partial charge on any atom is -0.390 e. The van der Waals surface area contributed by atoms with Gasteiger partial charge in [-0.15, -0.1) is 5.10 Å². The Morgan fingerprint density at radius 3 is 2.72 bits per heavy atom. The fraction of sp³-hybridized carbons (Fsp3) is 0.800. The summed E-state index contributed by atoms with van der Waals surface area (Å²) < 4.78 is 7.57. The van der Waals surface area contributed by atoms with Gasteiger partial charge in [-0.25, -0.2) is 4.68 Å². The number of aliphatic hydroxyl groups is 3. The minimum absolute atomic E-state index is 0.242. The van der Waals surface area contributed by atoms with Crippen molar-refractivity contribution in [3.8, 4) is 0 Å². The molecule has 1 unspecified atom stereocenters. The maximum atomic E-state index is 9.90. The molecule has 5 atom stereocenters. The number of rotatable bonds is 3. The molecule has 0 aliphatic carbocycles. The van der Waals surface area contributed by atoms with E-state index in [1.807, 2.05) is 0 Å². The van der Waals surface area contributed by atoms with Gasteiger partial charge in [0.25, 0.3) is 0 Å². The number of ether oxygens (including phenoxy) is 1. The van der Waals surface area contributed by atoms with E-state index in [4.69, 9.17) is 4.74 Å². The summed E-state index contributed by atoms with van der Waals surface area (Å²) >= 11 is 2.17. The average Bonchev–Trinajstić information content (AvgIpc) is 2.81. The van der Waals surface area contributed by atoms with E-state index in [9.17, 15) is 15.3 Å². The van der Waals surface area contributed by atoms with Crippen molar-refractivity contribution < 1.29 is 20.1 Å². The number of hydrogen-bond donors (Lipinski definition) is 3. The van der Waals surface area contributed by atoms with Crippen LogP contribution in [0.3, 0.4) is 0 Å². The topological polar surface area (TPSA) is 101 Å². The normalized spacial score (nSPS) is 36.8. The minimum atomic E-state index is -1.08. The molecule has 1 saturated heterocycles. The first-order chi connectivity index (χ1) is 8.52. The number of hydrogen-bond acceptors (Lipinski definition) is 6. The first-order valence-electron chi connectivity index (χ1n) is 5.67. The number of aliphatic hydroxyl groups excluding tert-OH is 3. The summed E-state index contributed by atoms with van der Waals surface area (Å²) in [6.07, 6.45) is -2.09. The highest BCUT2D eigenvalue weighted by molar-refractivity contribution is 14.1. The van der Waals surface area contributed by atoms with Crippen LogP contribution in [0, 0.1) is 5.92 Å². The highest BCUT2D eigenvalue weighted by atomic mass is 131. The fourth-order valence-corrected chi connectivity index (χ4v) is 2.26. The van der Waals surface area contributed by atoms with Gasteiger partial charge in [-0.1, -0.05) is 34.7 Å². The van der Waals surface area contributed by atoms with Crippen LogP contribution in [0.15, 0.2) is 6.20 Å².